The highest BCUT2D eigenvalue weighted by Gasteiger charge is 2.12. The third-order valence-electron chi connectivity index (χ3n) is 3.25. The summed E-state index contributed by atoms with van der Waals surface area (Å²) in [5.41, 5.74) is 3.45. The highest BCUT2D eigenvalue weighted by atomic mass is 16.4. The van der Waals surface area contributed by atoms with Crippen molar-refractivity contribution in [2.45, 2.75) is 0 Å². The standard InChI is InChI=1S/C14H13BN2O2/c1-17-13-5-3-2-4-12(13)16-14(17)10-6-8-11(9-7-10)15(18)19/h2-9,18-19H,1H3. The Hall–Kier alpha value is -2.11. The number of imidazole rings is 1. The quantitative estimate of drug-likeness (QED) is 0.667. The molecule has 5 heteroatoms. The summed E-state index contributed by atoms with van der Waals surface area (Å²) in [7, 11) is 0.536. The lowest BCUT2D eigenvalue weighted by Gasteiger charge is -2.04. The number of hydrogen-bond acceptors (Lipinski definition) is 3. The van der Waals surface area contributed by atoms with Crippen LogP contribution in [0.4, 0.5) is 0 Å². The molecular formula is C14H13BN2O2. The molecule has 0 aliphatic carbocycles. The molecule has 94 valence electrons. The number of rotatable bonds is 2. The maximum absolute atomic E-state index is 9.09. The maximum Gasteiger partial charge on any atom is 0.488 e. The molecule has 2 N–H and O–H groups in total. The van der Waals surface area contributed by atoms with E-state index >= 15 is 0 Å². The van der Waals surface area contributed by atoms with Crippen LogP contribution in [0.15, 0.2) is 48.5 Å². The maximum atomic E-state index is 9.09. The fourth-order valence-corrected chi connectivity index (χ4v) is 2.21. The van der Waals surface area contributed by atoms with Gasteiger partial charge >= 0.3 is 7.12 Å². The van der Waals surface area contributed by atoms with Crippen LogP contribution in [0, 0.1) is 0 Å². The summed E-state index contributed by atoms with van der Waals surface area (Å²) in [4.78, 5) is 4.59. The highest BCUT2D eigenvalue weighted by Crippen LogP contribution is 2.22. The van der Waals surface area contributed by atoms with Gasteiger partial charge in [0, 0.05) is 12.6 Å². The number of hydrogen-bond donors (Lipinski definition) is 2. The molecule has 3 rings (SSSR count). The smallest absolute Gasteiger partial charge is 0.423 e. The predicted octanol–water partition coefficient (Wildman–Crippen LogP) is 0.920. The fraction of sp³-hybridized carbons (Fsp3) is 0.0714. The summed E-state index contributed by atoms with van der Waals surface area (Å²) in [6, 6.07) is 15.0. The monoisotopic (exact) mass is 252 g/mol. The van der Waals surface area contributed by atoms with Crippen molar-refractivity contribution >= 4 is 23.6 Å². The molecule has 4 nitrogen and oxygen atoms in total. The summed E-state index contributed by atoms with van der Waals surface area (Å²) in [6.45, 7) is 0. The molecule has 19 heavy (non-hydrogen) atoms. The van der Waals surface area contributed by atoms with Gasteiger partial charge in [-0.25, -0.2) is 4.98 Å². The van der Waals surface area contributed by atoms with Gasteiger partial charge in [0.25, 0.3) is 0 Å². The van der Waals surface area contributed by atoms with Gasteiger partial charge in [0.05, 0.1) is 11.0 Å². The van der Waals surface area contributed by atoms with Crippen LogP contribution in [0.25, 0.3) is 22.4 Å². The molecule has 0 saturated heterocycles. The Morgan fingerprint density at radius 3 is 2.32 bits per heavy atom. The Balaban J connectivity index is 2.11. The molecule has 1 aromatic heterocycles. The lowest BCUT2D eigenvalue weighted by Crippen LogP contribution is -2.29. The van der Waals surface area contributed by atoms with Crippen molar-refractivity contribution in [1.82, 2.24) is 9.55 Å². The molecule has 0 spiro atoms. The van der Waals surface area contributed by atoms with Crippen molar-refractivity contribution in [3.63, 3.8) is 0 Å². The van der Waals surface area contributed by atoms with Crippen LogP contribution < -0.4 is 5.46 Å². The number of aromatic nitrogens is 2. The van der Waals surface area contributed by atoms with Crippen LogP contribution in [0.2, 0.25) is 0 Å². The molecule has 0 amide bonds. The average molecular weight is 252 g/mol. The molecule has 2 aromatic carbocycles. The van der Waals surface area contributed by atoms with E-state index in [-0.39, 0.29) is 0 Å². The SMILES string of the molecule is Cn1c(-c2ccc(B(O)O)cc2)nc2ccccc21. The Labute approximate surface area is 111 Å². The topological polar surface area (TPSA) is 58.3 Å². The number of nitrogens with zero attached hydrogens (tertiary/aromatic N) is 2. The van der Waals surface area contributed by atoms with Crippen LogP contribution in [0.3, 0.4) is 0 Å². The van der Waals surface area contributed by atoms with Gasteiger partial charge in [-0.1, -0.05) is 36.4 Å². The zero-order valence-corrected chi connectivity index (χ0v) is 10.5. The summed E-state index contributed by atoms with van der Waals surface area (Å²) in [5.74, 6) is 0.861. The van der Waals surface area contributed by atoms with E-state index < -0.39 is 7.12 Å². The molecule has 0 saturated carbocycles. The first kappa shape index (κ1) is 12.0. The summed E-state index contributed by atoms with van der Waals surface area (Å²) in [5, 5.41) is 18.2. The lowest BCUT2D eigenvalue weighted by atomic mass is 9.80. The van der Waals surface area contributed by atoms with Crippen LogP contribution in [0.5, 0.6) is 0 Å². The van der Waals surface area contributed by atoms with E-state index in [1.807, 2.05) is 48.0 Å². The van der Waals surface area contributed by atoms with Gasteiger partial charge in [-0.15, -0.1) is 0 Å². The van der Waals surface area contributed by atoms with Gasteiger partial charge in [0.2, 0.25) is 0 Å². The van der Waals surface area contributed by atoms with E-state index in [1.54, 1.807) is 12.1 Å². The number of fused-ring (bicyclic) bond motifs is 1. The molecule has 0 bridgehead atoms. The average Bonchev–Trinajstić information content (AvgIpc) is 2.77. The molecule has 3 aromatic rings. The van der Waals surface area contributed by atoms with Crippen LogP contribution in [-0.4, -0.2) is 26.7 Å². The van der Waals surface area contributed by atoms with Crippen LogP contribution >= 0.6 is 0 Å². The lowest BCUT2D eigenvalue weighted by molar-refractivity contribution is 0.426. The minimum atomic E-state index is -1.44. The minimum Gasteiger partial charge on any atom is -0.423 e. The van der Waals surface area contributed by atoms with Gasteiger partial charge < -0.3 is 14.6 Å². The third-order valence-corrected chi connectivity index (χ3v) is 3.25. The zero-order chi connectivity index (χ0) is 13.4. The zero-order valence-electron chi connectivity index (χ0n) is 10.5. The number of benzene rings is 2. The minimum absolute atomic E-state index is 0.475. The van der Waals surface area contributed by atoms with Gasteiger partial charge in [0.15, 0.2) is 0 Å². The van der Waals surface area contributed by atoms with Crippen molar-refractivity contribution in [3.8, 4) is 11.4 Å². The van der Waals surface area contributed by atoms with Crippen molar-refractivity contribution in [2.24, 2.45) is 7.05 Å². The molecule has 0 atom stereocenters. The van der Waals surface area contributed by atoms with Gasteiger partial charge in [-0.3, -0.25) is 0 Å². The highest BCUT2D eigenvalue weighted by molar-refractivity contribution is 6.58. The van der Waals surface area contributed by atoms with Gasteiger partial charge in [-0.05, 0) is 17.6 Å². The van der Waals surface area contributed by atoms with E-state index in [2.05, 4.69) is 4.98 Å². The normalized spacial score (nSPS) is 10.9. The van der Waals surface area contributed by atoms with E-state index in [9.17, 15) is 0 Å². The van der Waals surface area contributed by atoms with Crippen molar-refractivity contribution in [2.75, 3.05) is 0 Å². The van der Waals surface area contributed by atoms with Crippen LogP contribution in [-0.2, 0) is 7.05 Å². The van der Waals surface area contributed by atoms with E-state index in [0.29, 0.717) is 5.46 Å². The summed E-state index contributed by atoms with van der Waals surface area (Å²) >= 11 is 0. The molecular weight excluding hydrogens is 239 g/mol. The fourth-order valence-electron chi connectivity index (χ4n) is 2.21. The van der Waals surface area contributed by atoms with Crippen LogP contribution in [0.1, 0.15) is 0 Å². The molecule has 0 fully saturated rings. The second-order valence-electron chi connectivity index (χ2n) is 4.48. The molecule has 1 heterocycles. The van der Waals surface area contributed by atoms with Crippen molar-refractivity contribution < 1.29 is 10.0 Å². The summed E-state index contributed by atoms with van der Waals surface area (Å²) in [6.07, 6.45) is 0. The summed E-state index contributed by atoms with van der Waals surface area (Å²) < 4.78 is 2.03. The molecule has 0 aliphatic rings. The second kappa shape index (κ2) is 4.53. The predicted molar refractivity (Wildman–Crippen MR) is 76.0 cm³/mol. The number of aryl methyl sites for hydroxylation is 1. The first-order chi connectivity index (χ1) is 9.16. The van der Waals surface area contributed by atoms with Gasteiger partial charge in [0.1, 0.15) is 5.82 Å². The van der Waals surface area contributed by atoms with E-state index in [0.717, 1.165) is 22.4 Å². The first-order valence-electron chi connectivity index (χ1n) is 6.05. The Morgan fingerprint density at radius 1 is 1.00 bits per heavy atom. The molecule has 0 unspecified atom stereocenters. The van der Waals surface area contributed by atoms with E-state index in [1.165, 1.54) is 0 Å². The van der Waals surface area contributed by atoms with E-state index in [4.69, 9.17) is 10.0 Å². The first-order valence-corrected chi connectivity index (χ1v) is 6.05. The third kappa shape index (κ3) is 2.03. The largest absolute Gasteiger partial charge is 0.488 e. The van der Waals surface area contributed by atoms with Crippen molar-refractivity contribution in [3.05, 3.63) is 48.5 Å². The molecule has 0 aliphatic heterocycles. The second-order valence-corrected chi connectivity index (χ2v) is 4.48. The Kier molecular flexibility index (Phi) is 2.85. The molecule has 0 radical (unpaired) electrons. The Bertz CT molecular complexity index is 720. The van der Waals surface area contributed by atoms with Gasteiger partial charge in [-0.2, -0.15) is 0 Å². The van der Waals surface area contributed by atoms with Crippen molar-refractivity contribution in [1.29, 1.82) is 0 Å². The Morgan fingerprint density at radius 2 is 1.68 bits per heavy atom. The number of para-hydroxylation sites is 2.